The summed E-state index contributed by atoms with van der Waals surface area (Å²) in [4.78, 5) is 11.8. The van der Waals surface area contributed by atoms with E-state index in [4.69, 9.17) is 4.74 Å². The van der Waals surface area contributed by atoms with Gasteiger partial charge in [0.25, 0.3) is 5.91 Å². The van der Waals surface area contributed by atoms with E-state index in [1.807, 2.05) is 24.3 Å². The van der Waals surface area contributed by atoms with Crippen LogP contribution in [0.25, 0.3) is 0 Å². The number of hydrogen-bond donors (Lipinski definition) is 2. The Morgan fingerprint density at radius 2 is 2.35 bits per heavy atom. The van der Waals surface area contributed by atoms with E-state index in [-0.39, 0.29) is 18.3 Å². The molecule has 1 aliphatic heterocycles. The topological polar surface area (TPSA) is 50.4 Å². The molecule has 1 unspecified atom stereocenters. The van der Waals surface area contributed by atoms with Crippen LogP contribution >= 0.6 is 28.3 Å². The lowest BCUT2D eigenvalue weighted by Gasteiger charge is -2.22. The smallest absolute Gasteiger partial charge is 0.254 e. The number of morpholine rings is 1. The molecule has 1 aromatic carbocycles. The van der Waals surface area contributed by atoms with Gasteiger partial charge in [0.05, 0.1) is 6.61 Å². The maximum absolute atomic E-state index is 11.8. The highest BCUT2D eigenvalue weighted by atomic mass is 79.9. The fourth-order valence-electron chi connectivity index (χ4n) is 1.52. The summed E-state index contributed by atoms with van der Waals surface area (Å²) in [6.45, 7) is 1.96. The zero-order valence-electron chi connectivity index (χ0n) is 9.11. The zero-order valence-corrected chi connectivity index (χ0v) is 11.5. The molecule has 0 spiro atoms. The van der Waals surface area contributed by atoms with Crippen molar-refractivity contribution in [3.05, 3.63) is 28.7 Å². The summed E-state index contributed by atoms with van der Waals surface area (Å²) >= 11 is 3.35. The van der Waals surface area contributed by atoms with Gasteiger partial charge in [0.15, 0.2) is 0 Å². The number of nitrogens with one attached hydrogen (secondary N) is 2. The fraction of sp³-hybridized carbons (Fsp3) is 0.364. The molecule has 1 heterocycles. The summed E-state index contributed by atoms with van der Waals surface area (Å²) in [6.07, 6.45) is -0.396. The maximum Gasteiger partial charge on any atom is 0.254 e. The van der Waals surface area contributed by atoms with Crippen LogP contribution in [-0.4, -0.2) is 31.7 Å². The quantitative estimate of drug-likeness (QED) is 0.873. The summed E-state index contributed by atoms with van der Waals surface area (Å²) in [6, 6.07) is 7.49. The molecule has 6 heteroatoms. The fourth-order valence-corrected chi connectivity index (χ4v) is 1.92. The molecule has 94 valence electrons. The average molecular weight is 322 g/mol. The number of rotatable bonds is 2. The third kappa shape index (κ3) is 4.27. The minimum Gasteiger partial charge on any atom is -0.366 e. The van der Waals surface area contributed by atoms with E-state index >= 15 is 0 Å². The van der Waals surface area contributed by atoms with Crippen LogP contribution in [0.2, 0.25) is 0 Å². The van der Waals surface area contributed by atoms with Gasteiger partial charge < -0.3 is 15.4 Å². The Bertz CT molecular complexity index is 383. The molecule has 17 heavy (non-hydrogen) atoms. The lowest BCUT2D eigenvalue weighted by atomic mass is 10.2. The summed E-state index contributed by atoms with van der Waals surface area (Å²) < 4.78 is 6.29. The Balaban J connectivity index is 0.00000144. The first-order valence-electron chi connectivity index (χ1n) is 5.14. The van der Waals surface area contributed by atoms with Crippen molar-refractivity contribution in [2.75, 3.05) is 25.0 Å². The van der Waals surface area contributed by atoms with Gasteiger partial charge in [-0.25, -0.2) is 0 Å². The normalized spacial score (nSPS) is 19.2. The molecule has 0 aromatic heterocycles. The first-order chi connectivity index (χ1) is 7.75. The molecule has 1 aliphatic rings. The first-order valence-corrected chi connectivity index (χ1v) is 5.94. The molecule has 0 bridgehead atoms. The number of anilines is 1. The second-order valence-electron chi connectivity index (χ2n) is 3.56. The second-order valence-corrected chi connectivity index (χ2v) is 4.48. The molecule has 0 aliphatic carbocycles. The highest BCUT2D eigenvalue weighted by molar-refractivity contribution is 9.10. The molecular weight excluding hydrogens is 307 g/mol. The third-order valence-corrected chi connectivity index (χ3v) is 2.81. The van der Waals surface area contributed by atoms with Crippen molar-refractivity contribution in [1.29, 1.82) is 0 Å². The van der Waals surface area contributed by atoms with Gasteiger partial charge in [0.1, 0.15) is 6.10 Å². The molecule has 1 amide bonds. The predicted molar refractivity (Wildman–Crippen MR) is 72.6 cm³/mol. The van der Waals surface area contributed by atoms with E-state index in [0.29, 0.717) is 13.2 Å². The number of halogens is 2. The lowest BCUT2D eigenvalue weighted by molar-refractivity contribution is -0.128. The molecule has 2 N–H and O–H groups in total. The second kappa shape index (κ2) is 6.96. The first kappa shape index (κ1) is 14.4. The van der Waals surface area contributed by atoms with Crippen molar-refractivity contribution >= 4 is 39.9 Å². The SMILES string of the molecule is Cl.O=C(Nc1cccc(Br)c1)C1CNCCO1. The van der Waals surface area contributed by atoms with E-state index in [2.05, 4.69) is 26.6 Å². The van der Waals surface area contributed by atoms with Gasteiger partial charge in [-0.2, -0.15) is 0 Å². The highest BCUT2D eigenvalue weighted by Gasteiger charge is 2.21. The van der Waals surface area contributed by atoms with Crippen molar-refractivity contribution < 1.29 is 9.53 Å². The Kier molecular flexibility index (Phi) is 5.91. The zero-order chi connectivity index (χ0) is 11.4. The number of carbonyl (C=O) groups excluding carboxylic acids is 1. The van der Waals surface area contributed by atoms with Gasteiger partial charge >= 0.3 is 0 Å². The predicted octanol–water partition coefficient (Wildman–Crippen LogP) is 1.80. The Morgan fingerprint density at radius 3 is 3.00 bits per heavy atom. The van der Waals surface area contributed by atoms with Crippen LogP contribution < -0.4 is 10.6 Å². The molecule has 1 saturated heterocycles. The molecule has 4 nitrogen and oxygen atoms in total. The molecule has 0 radical (unpaired) electrons. The van der Waals surface area contributed by atoms with Gasteiger partial charge in [-0.05, 0) is 18.2 Å². The van der Waals surface area contributed by atoms with E-state index < -0.39 is 6.10 Å². The monoisotopic (exact) mass is 320 g/mol. The van der Waals surface area contributed by atoms with Gasteiger partial charge in [0, 0.05) is 23.2 Å². The Labute approximate surface area is 115 Å². The van der Waals surface area contributed by atoms with Crippen LogP contribution in [-0.2, 0) is 9.53 Å². The van der Waals surface area contributed by atoms with E-state index in [1.54, 1.807) is 0 Å². The van der Waals surface area contributed by atoms with Gasteiger partial charge in [-0.15, -0.1) is 12.4 Å². The van der Waals surface area contributed by atoms with Gasteiger partial charge in [0.2, 0.25) is 0 Å². The van der Waals surface area contributed by atoms with Crippen LogP contribution in [0.1, 0.15) is 0 Å². The minimum absolute atomic E-state index is 0. The van der Waals surface area contributed by atoms with Crippen molar-refractivity contribution in [2.45, 2.75) is 6.10 Å². The Hall–Kier alpha value is -0.620. The summed E-state index contributed by atoms with van der Waals surface area (Å²) in [5, 5.41) is 5.94. The number of hydrogen-bond acceptors (Lipinski definition) is 3. The summed E-state index contributed by atoms with van der Waals surface area (Å²) in [5.41, 5.74) is 0.772. The maximum atomic E-state index is 11.8. The minimum atomic E-state index is -0.396. The van der Waals surface area contributed by atoms with Crippen molar-refractivity contribution in [3.8, 4) is 0 Å². The molecule has 2 rings (SSSR count). The average Bonchev–Trinajstić information content (AvgIpc) is 2.30. The summed E-state index contributed by atoms with van der Waals surface area (Å²) in [5.74, 6) is -0.106. The van der Waals surface area contributed by atoms with Crippen LogP contribution in [0.15, 0.2) is 28.7 Å². The Morgan fingerprint density at radius 1 is 1.53 bits per heavy atom. The van der Waals surface area contributed by atoms with E-state index in [9.17, 15) is 4.79 Å². The lowest BCUT2D eigenvalue weighted by Crippen LogP contribution is -2.45. The van der Waals surface area contributed by atoms with E-state index in [1.165, 1.54) is 0 Å². The number of amides is 1. The number of ether oxygens (including phenoxy) is 1. The number of carbonyl (C=O) groups is 1. The van der Waals surface area contributed by atoms with Crippen LogP contribution in [0.5, 0.6) is 0 Å². The largest absolute Gasteiger partial charge is 0.366 e. The van der Waals surface area contributed by atoms with Crippen LogP contribution in [0, 0.1) is 0 Å². The number of benzene rings is 1. The molecule has 0 saturated carbocycles. The van der Waals surface area contributed by atoms with Crippen molar-refractivity contribution in [2.24, 2.45) is 0 Å². The van der Waals surface area contributed by atoms with Crippen LogP contribution in [0.3, 0.4) is 0 Å². The summed E-state index contributed by atoms with van der Waals surface area (Å²) in [7, 11) is 0. The molecular formula is C11H14BrClN2O2. The van der Waals surface area contributed by atoms with Crippen molar-refractivity contribution in [1.82, 2.24) is 5.32 Å². The molecule has 1 aromatic rings. The molecule has 1 atom stereocenters. The highest BCUT2D eigenvalue weighted by Crippen LogP contribution is 2.16. The van der Waals surface area contributed by atoms with E-state index in [0.717, 1.165) is 16.7 Å². The van der Waals surface area contributed by atoms with Crippen LogP contribution in [0.4, 0.5) is 5.69 Å². The standard InChI is InChI=1S/C11H13BrN2O2.ClH/c12-8-2-1-3-9(6-8)14-11(15)10-7-13-4-5-16-10;/h1-3,6,10,13H,4-5,7H2,(H,14,15);1H. The van der Waals surface area contributed by atoms with Gasteiger partial charge in [-0.1, -0.05) is 22.0 Å². The van der Waals surface area contributed by atoms with Crippen molar-refractivity contribution in [3.63, 3.8) is 0 Å². The van der Waals surface area contributed by atoms with Gasteiger partial charge in [-0.3, -0.25) is 4.79 Å². The molecule has 1 fully saturated rings. The third-order valence-electron chi connectivity index (χ3n) is 2.31.